The Kier molecular flexibility index (Phi) is 1.69. The number of hydrogen-bond donors (Lipinski definition) is 1. The summed E-state index contributed by atoms with van der Waals surface area (Å²) in [6.45, 7) is 3.62. The highest BCUT2D eigenvalue weighted by atomic mass is 15.0. The number of fused-ring (bicyclic) bond motifs is 2. The molecule has 1 N–H and O–H groups in total. The minimum absolute atomic E-state index is 0.907. The van der Waals surface area contributed by atoms with Crippen LogP contribution in [0.15, 0.2) is 0 Å². The van der Waals surface area contributed by atoms with Crippen molar-refractivity contribution in [2.45, 2.75) is 38.6 Å². The van der Waals surface area contributed by atoms with E-state index >= 15 is 0 Å². The van der Waals surface area contributed by atoms with Gasteiger partial charge in [0.1, 0.15) is 0 Å². The Bertz CT molecular complexity index is 102. The molecule has 1 nitrogen and oxygen atoms in total. The molecular formula is C9H17N. The van der Waals surface area contributed by atoms with Gasteiger partial charge in [0, 0.05) is 6.04 Å². The summed E-state index contributed by atoms with van der Waals surface area (Å²) in [7, 11) is 0. The van der Waals surface area contributed by atoms with E-state index in [0.29, 0.717) is 0 Å². The molecule has 2 bridgehead atoms. The van der Waals surface area contributed by atoms with E-state index in [2.05, 4.69) is 12.2 Å². The van der Waals surface area contributed by atoms with Gasteiger partial charge < -0.3 is 5.32 Å². The maximum absolute atomic E-state index is 3.59. The number of rotatable bonds is 2. The molecule has 3 atom stereocenters. The fraction of sp³-hybridized carbons (Fsp3) is 1.00. The lowest BCUT2D eigenvalue weighted by Crippen LogP contribution is -2.25. The van der Waals surface area contributed by atoms with Crippen LogP contribution in [0.4, 0.5) is 0 Å². The predicted molar refractivity (Wildman–Crippen MR) is 42.9 cm³/mol. The van der Waals surface area contributed by atoms with Gasteiger partial charge in [-0.2, -0.15) is 0 Å². The third-order valence-corrected chi connectivity index (χ3v) is 3.24. The molecule has 0 aromatic carbocycles. The van der Waals surface area contributed by atoms with Gasteiger partial charge in [-0.15, -0.1) is 0 Å². The Morgan fingerprint density at radius 2 is 2.30 bits per heavy atom. The van der Waals surface area contributed by atoms with Crippen LogP contribution in [-0.2, 0) is 0 Å². The van der Waals surface area contributed by atoms with Crippen LogP contribution in [0.25, 0.3) is 0 Å². The van der Waals surface area contributed by atoms with Crippen LogP contribution in [0.5, 0.6) is 0 Å². The third-order valence-electron chi connectivity index (χ3n) is 3.24. The fourth-order valence-electron chi connectivity index (χ4n) is 2.73. The topological polar surface area (TPSA) is 12.0 Å². The van der Waals surface area contributed by atoms with Crippen LogP contribution in [0.3, 0.4) is 0 Å². The first-order valence-corrected chi connectivity index (χ1v) is 4.65. The maximum atomic E-state index is 3.59. The lowest BCUT2D eigenvalue weighted by Gasteiger charge is -2.12. The quantitative estimate of drug-likeness (QED) is 0.615. The summed E-state index contributed by atoms with van der Waals surface area (Å²) in [5.74, 6) is 2.09. The number of nitrogens with one attached hydrogen (secondary N) is 1. The Labute approximate surface area is 63.2 Å². The summed E-state index contributed by atoms with van der Waals surface area (Å²) in [5.41, 5.74) is 0. The largest absolute Gasteiger partial charge is 0.313 e. The minimum Gasteiger partial charge on any atom is -0.313 e. The van der Waals surface area contributed by atoms with Crippen LogP contribution in [-0.4, -0.2) is 12.6 Å². The average molecular weight is 139 g/mol. The summed E-state index contributed by atoms with van der Waals surface area (Å²) in [6.07, 6.45) is 5.79. The van der Waals surface area contributed by atoms with Gasteiger partial charge >= 0.3 is 0 Å². The van der Waals surface area contributed by atoms with Gasteiger partial charge in [0.2, 0.25) is 0 Å². The van der Waals surface area contributed by atoms with Crippen molar-refractivity contribution in [3.63, 3.8) is 0 Å². The second kappa shape index (κ2) is 2.54. The zero-order chi connectivity index (χ0) is 6.97. The van der Waals surface area contributed by atoms with Crippen molar-refractivity contribution < 1.29 is 0 Å². The highest BCUT2D eigenvalue weighted by Crippen LogP contribution is 2.39. The van der Waals surface area contributed by atoms with Crippen LogP contribution in [0, 0.1) is 11.8 Å². The molecule has 58 valence electrons. The van der Waals surface area contributed by atoms with Crippen molar-refractivity contribution in [3.05, 3.63) is 0 Å². The maximum Gasteiger partial charge on any atom is 0.00986 e. The molecule has 1 heteroatoms. The molecule has 2 fully saturated rings. The molecule has 0 amide bonds. The molecule has 10 heavy (non-hydrogen) atoms. The highest BCUT2D eigenvalue weighted by molar-refractivity contribution is 4.96. The molecule has 0 aromatic rings. The predicted octanol–water partition coefficient (Wildman–Crippen LogP) is 1.78. The van der Waals surface area contributed by atoms with Crippen LogP contribution in [0.2, 0.25) is 0 Å². The molecule has 3 unspecified atom stereocenters. The normalized spacial score (nSPS) is 44.7. The van der Waals surface area contributed by atoms with Gasteiger partial charge in [0.15, 0.2) is 0 Å². The van der Waals surface area contributed by atoms with Crippen molar-refractivity contribution in [1.29, 1.82) is 0 Å². The Hall–Kier alpha value is -0.0400. The van der Waals surface area contributed by atoms with Gasteiger partial charge in [-0.05, 0) is 37.6 Å². The standard InChI is InChI=1S/C9H17N/c1-2-3-8-7-4-5-9(8)10-6-7/h7-10H,2-6H2,1H3. The zero-order valence-corrected chi connectivity index (χ0v) is 6.77. The van der Waals surface area contributed by atoms with Gasteiger partial charge in [-0.25, -0.2) is 0 Å². The first-order chi connectivity index (χ1) is 4.92. The average Bonchev–Trinajstić information content (AvgIpc) is 2.50. The Balaban J connectivity index is 1.96. The summed E-state index contributed by atoms with van der Waals surface area (Å²) in [4.78, 5) is 0. The lowest BCUT2D eigenvalue weighted by molar-refractivity contribution is 0.415. The van der Waals surface area contributed by atoms with Gasteiger partial charge in [0.25, 0.3) is 0 Å². The van der Waals surface area contributed by atoms with E-state index in [1.165, 1.54) is 32.2 Å². The number of piperidine rings is 1. The second-order valence-corrected chi connectivity index (χ2v) is 3.80. The van der Waals surface area contributed by atoms with Gasteiger partial charge in [0.05, 0.1) is 0 Å². The van der Waals surface area contributed by atoms with E-state index in [-0.39, 0.29) is 0 Å². The molecule has 2 rings (SSSR count). The van der Waals surface area contributed by atoms with Crippen molar-refractivity contribution in [2.75, 3.05) is 6.54 Å². The molecule has 0 spiro atoms. The minimum atomic E-state index is 0.907. The first kappa shape index (κ1) is 6.66. The van der Waals surface area contributed by atoms with Crippen molar-refractivity contribution >= 4 is 0 Å². The van der Waals surface area contributed by atoms with Gasteiger partial charge in [-0.1, -0.05) is 13.3 Å². The van der Waals surface area contributed by atoms with E-state index in [4.69, 9.17) is 0 Å². The lowest BCUT2D eigenvalue weighted by atomic mass is 9.94. The molecule has 0 radical (unpaired) electrons. The molecule has 1 heterocycles. The van der Waals surface area contributed by atoms with Gasteiger partial charge in [-0.3, -0.25) is 0 Å². The Morgan fingerprint density at radius 1 is 1.40 bits per heavy atom. The molecular weight excluding hydrogens is 122 g/mol. The highest BCUT2D eigenvalue weighted by Gasteiger charge is 2.40. The Morgan fingerprint density at radius 3 is 2.70 bits per heavy atom. The SMILES string of the molecule is CCCC1C2CCC1NC2. The monoisotopic (exact) mass is 139 g/mol. The molecule has 1 saturated heterocycles. The summed E-state index contributed by atoms with van der Waals surface area (Å²) in [6, 6.07) is 0.907. The molecule has 0 aromatic heterocycles. The van der Waals surface area contributed by atoms with E-state index in [1.54, 1.807) is 0 Å². The van der Waals surface area contributed by atoms with E-state index in [0.717, 1.165) is 17.9 Å². The van der Waals surface area contributed by atoms with Crippen molar-refractivity contribution in [3.8, 4) is 0 Å². The van der Waals surface area contributed by atoms with Crippen LogP contribution < -0.4 is 5.32 Å². The fourth-order valence-corrected chi connectivity index (χ4v) is 2.73. The second-order valence-electron chi connectivity index (χ2n) is 3.80. The van der Waals surface area contributed by atoms with Crippen LogP contribution in [0.1, 0.15) is 32.6 Å². The molecule has 1 aliphatic carbocycles. The van der Waals surface area contributed by atoms with E-state index in [9.17, 15) is 0 Å². The third kappa shape index (κ3) is 0.878. The number of hydrogen-bond acceptors (Lipinski definition) is 1. The van der Waals surface area contributed by atoms with Crippen molar-refractivity contribution in [2.24, 2.45) is 11.8 Å². The summed E-state index contributed by atoms with van der Waals surface area (Å²) >= 11 is 0. The van der Waals surface area contributed by atoms with E-state index < -0.39 is 0 Å². The van der Waals surface area contributed by atoms with Crippen LogP contribution >= 0.6 is 0 Å². The molecule has 2 aliphatic rings. The molecule has 1 saturated carbocycles. The molecule has 1 aliphatic heterocycles. The van der Waals surface area contributed by atoms with E-state index in [1.807, 2.05) is 0 Å². The zero-order valence-electron chi connectivity index (χ0n) is 6.77. The first-order valence-electron chi connectivity index (χ1n) is 4.65. The summed E-state index contributed by atoms with van der Waals surface area (Å²) in [5, 5.41) is 3.59. The van der Waals surface area contributed by atoms with Crippen molar-refractivity contribution in [1.82, 2.24) is 5.32 Å². The smallest absolute Gasteiger partial charge is 0.00986 e. The summed E-state index contributed by atoms with van der Waals surface area (Å²) < 4.78 is 0.